The zero-order chi connectivity index (χ0) is 8.20. The van der Waals surface area contributed by atoms with E-state index in [1.165, 1.54) is 0 Å². The largest absolute Gasteiger partial charge is 0.281 e. The molecule has 3 nitrogen and oxygen atoms in total. The van der Waals surface area contributed by atoms with Crippen molar-refractivity contribution in [2.75, 3.05) is 18.8 Å². The highest BCUT2D eigenvalue weighted by atomic mass is 32.3. The third-order valence-electron chi connectivity index (χ3n) is 0.841. The Hall–Kier alpha value is -0.510. The summed E-state index contributed by atoms with van der Waals surface area (Å²) in [5.41, 5.74) is 2.44. The van der Waals surface area contributed by atoms with Gasteiger partial charge in [-0.05, 0) is 25.7 Å². The molecular weight excluding hydrogens is 148 g/mol. The third kappa shape index (κ3) is 3.50. The second kappa shape index (κ2) is 3.61. The van der Waals surface area contributed by atoms with E-state index in [0.29, 0.717) is 0 Å². The van der Waals surface area contributed by atoms with E-state index in [2.05, 4.69) is 10.5 Å². The van der Waals surface area contributed by atoms with E-state index in [1.54, 1.807) is 13.1 Å². The van der Waals surface area contributed by atoms with E-state index in [9.17, 15) is 4.79 Å². The third-order valence-corrected chi connectivity index (χ3v) is 2.04. The van der Waals surface area contributed by atoms with Crippen molar-refractivity contribution >= 4 is 21.5 Å². The zero-order valence-corrected chi connectivity index (χ0v) is 7.66. The Bertz CT molecular complexity index is 148. The minimum atomic E-state index is -1.14. The van der Waals surface area contributed by atoms with Crippen molar-refractivity contribution in [2.24, 2.45) is 5.10 Å². The number of hydrogen-bond donors (Lipinski definition) is 1. The Kier molecular flexibility index (Phi) is 3.42. The monoisotopic (exact) mass is 162 g/mol. The van der Waals surface area contributed by atoms with Gasteiger partial charge in [-0.25, -0.2) is 5.43 Å². The molecule has 0 bridgehead atoms. The molecule has 0 heterocycles. The molecule has 1 amide bonds. The number of hydrazone groups is 1. The maximum absolute atomic E-state index is 11.0. The molecule has 0 rings (SSSR count). The number of nitrogens with one attached hydrogen (secondary N) is 1. The van der Waals surface area contributed by atoms with E-state index in [4.69, 9.17) is 0 Å². The van der Waals surface area contributed by atoms with Crippen molar-refractivity contribution in [3.8, 4) is 0 Å². The molecule has 0 spiro atoms. The lowest BCUT2D eigenvalue weighted by molar-refractivity contribution is 0.260. The summed E-state index contributed by atoms with van der Waals surface area (Å²) in [4.78, 5) is 11.0. The van der Waals surface area contributed by atoms with Crippen LogP contribution < -0.4 is 5.43 Å². The molecule has 0 aliphatic carbocycles. The normalized spacial score (nSPS) is 13.6. The average Bonchev–Trinajstić information content (AvgIpc) is 1.80. The molecule has 0 aliphatic rings. The van der Waals surface area contributed by atoms with Gasteiger partial charge in [0, 0.05) is 6.21 Å². The van der Waals surface area contributed by atoms with Crippen LogP contribution in [-0.4, -0.2) is 30.2 Å². The van der Waals surface area contributed by atoms with Gasteiger partial charge in [0.2, 0.25) is 0 Å². The predicted molar refractivity (Wildman–Crippen MR) is 48.1 cm³/mol. The summed E-state index contributed by atoms with van der Waals surface area (Å²) in [5.74, 6) is 0. The highest BCUT2D eigenvalue weighted by Crippen LogP contribution is 2.34. The number of hydrogen-bond acceptors (Lipinski definition) is 2. The summed E-state index contributed by atoms with van der Waals surface area (Å²) < 4.78 is 0. The van der Waals surface area contributed by atoms with Gasteiger partial charge >= 0.3 is 0 Å². The van der Waals surface area contributed by atoms with Crippen molar-refractivity contribution in [2.45, 2.75) is 6.92 Å². The van der Waals surface area contributed by atoms with Crippen molar-refractivity contribution in [3.05, 3.63) is 0 Å². The molecule has 10 heavy (non-hydrogen) atoms. The summed E-state index contributed by atoms with van der Waals surface area (Å²) in [6, 6.07) is 0. The minimum absolute atomic E-state index is 0.0191. The number of nitrogens with zero attached hydrogens (tertiary/aromatic N) is 1. The number of amides is 1. The van der Waals surface area contributed by atoms with Gasteiger partial charge < -0.3 is 0 Å². The van der Waals surface area contributed by atoms with Gasteiger partial charge in [0.1, 0.15) is 0 Å². The maximum Gasteiger partial charge on any atom is 0.281 e. The number of carbonyl (C=O) groups is 1. The van der Waals surface area contributed by atoms with Crippen LogP contribution in [0, 0.1) is 0 Å². The van der Waals surface area contributed by atoms with Crippen LogP contribution >= 0.6 is 10.0 Å². The first-order chi connectivity index (χ1) is 4.48. The van der Waals surface area contributed by atoms with Crippen LogP contribution in [0.2, 0.25) is 0 Å². The van der Waals surface area contributed by atoms with Gasteiger partial charge in [-0.1, -0.05) is 0 Å². The first-order valence-electron chi connectivity index (χ1n) is 2.94. The van der Waals surface area contributed by atoms with Crippen molar-refractivity contribution in [3.63, 3.8) is 0 Å². The van der Waals surface area contributed by atoms with Gasteiger partial charge in [0.25, 0.3) is 5.24 Å². The minimum Gasteiger partial charge on any atom is -0.262 e. The Labute approximate surface area is 63.2 Å². The van der Waals surface area contributed by atoms with Gasteiger partial charge in [0.15, 0.2) is 0 Å². The molecule has 1 N–H and O–H groups in total. The van der Waals surface area contributed by atoms with Crippen LogP contribution in [-0.2, 0) is 0 Å². The fraction of sp³-hybridized carbons (Fsp3) is 0.667. The Morgan fingerprint density at radius 1 is 1.50 bits per heavy atom. The molecule has 0 saturated heterocycles. The van der Waals surface area contributed by atoms with E-state index in [0.717, 1.165) is 0 Å². The lowest BCUT2D eigenvalue weighted by Gasteiger charge is -2.21. The molecule has 0 aliphatic heterocycles. The highest BCUT2D eigenvalue weighted by Gasteiger charge is 2.13. The zero-order valence-electron chi connectivity index (χ0n) is 6.84. The first-order valence-corrected chi connectivity index (χ1v) is 5.80. The second-order valence-electron chi connectivity index (χ2n) is 2.62. The first kappa shape index (κ1) is 9.49. The summed E-state index contributed by atoms with van der Waals surface area (Å²) >= 11 is 0. The Morgan fingerprint density at radius 3 is 2.30 bits per heavy atom. The second-order valence-corrected chi connectivity index (χ2v) is 6.67. The molecule has 0 saturated carbocycles. The molecule has 0 aromatic rings. The molecule has 0 radical (unpaired) electrons. The highest BCUT2D eigenvalue weighted by molar-refractivity contribution is 8.43. The van der Waals surface area contributed by atoms with Gasteiger partial charge in [-0.3, -0.25) is 4.79 Å². The van der Waals surface area contributed by atoms with Crippen LogP contribution in [0.4, 0.5) is 4.79 Å². The van der Waals surface area contributed by atoms with Gasteiger partial charge in [-0.15, -0.1) is 0 Å². The smallest absolute Gasteiger partial charge is 0.262 e. The van der Waals surface area contributed by atoms with E-state index < -0.39 is 10.0 Å². The summed E-state index contributed by atoms with van der Waals surface area (Å²) in [7, 11) is -1.14. The van der Waals surface area contributed by atoms with E-state index in [1.807, 2.05) is 18.8 Å². The molecule has 0 atom stereocenters. The molecule has 0 unspecified atom stereocenters. The maximum atomic E-state index is 11.0. The van der Waals surface area contributed by atoms with Crippen molar-refractivity contribution in [1.82, 2.24) is 5.43 Å². The average molecular weight is 162 g/mol. The van der Waals surface area contributed by atoms with Gasteiger partial charge in [0.05, 0.1) is 0 Å². The predicted octanol–water partition coefficient (Wildman–Crippen LogP) is 1.40. The van der Waals surface area contributed by atoms with Crippen LogP contribution in [0.15, 0.2) is 5.10 Å². The van der Waals surface area contributed by atoms with Crippen LogP contribution in [0.5, 0.6) is 0 Å². The van der Waals surface area contributed by atoms with Crippen LogP contribution in [0.3, 0.4) is 0 Å². The van der Waals surface area contributed by atoms with Gasteiger partial charge in [-0.2, -0.15) is 15.1 Å². The standard InChI is InChI=1S/C6H14N2OS/c1-5-7-8-6(9)10(2,3)4/h5H,1-4H3,(H,8,9). The molecule has 60 valence electrons. The van der Waals surface area contributed by atoms with E-state index in [-0.39, 0.29) is 5.24 Å². The van der Waals surface area contributed by atoms with Crippen molar-refractivity contribution < 1.29 is 4.79 Å². The van der Waals surface area contributed by atoms with Crippen molar-refractivity contribution in [1.29, 1.82) is 0 Å². The fourth-order valence-corrected chi connectivity index (χ4v) is 0.581. The molecule has 4 heteroatoms. The Morgan fingerprint density at radius 2 is 2.00 bits per heavy atom. The Balaban J connectivity index is 3.86. The summed E-state index contributed by atoms with van der Waals surface area (Å²) in [6.07, 6.45) is 7.33. The molecular formula is C6H14N2OS. The van der Waals surface area contributed by atoms with Crippen LogP contribution in [0.25, 0.3) is 0 Å². The molecule has 0 aromatic carbocycles. The molecule has 0 aromatic heterocycles. The van der Waals surface area contributed by atoms with Crippen LogP contribution in [0.1, 0.15) is 6.92 Å². The number of rotatable bonds is 1. The lowest BCUT2D eigenvalue weighted by atomic mass is 10.9. The van der Waals surface area contributed by atoms with E-state index >= 15 is 0 Å². The summed E-state index contributed by atoms with van der Waals surface area (Å²) in [5, 5.41) is 3.65. The lowest BCUT2D eigenvalue weighted by Crippen LogP contribution is -2.20. The summed E-state index contributed by atoms with van der Waals surface area (Å²) in [6.45, 7) is 1.76. The fourth-order valence-electron chi connectivity index (χ4n) is 0.254. The topological polar surface area (TPSA) is 41.5 Å². The SMILES string of the molecule is CC=NNC(=O)S(C)(C)C. The quantitative estimate of drug-likeness (QED) is 0.459. The molecule has 0 fully saturated rings. The number of carbonyl (C=O) groups excluding carboxylic acids is 1.